The van der Waals surface area contributed by atoms with Gasteiger partial charge in [0.2, 0.25) is 0 Å². The molecule has 4 heteroatoms. The fraction of sp³-hybridized carbons (Fsp3) is 0.875. The van der Waals surface area contributed by atoms with Gasteiger partial charge in [-0.05, 0) is 26.4 Å². The molecule has 12 heavy (non-hydrogen) atoms. The summed E-state index contributed by atoms with van der Waals surface area (Å²) in [4.78, 5) is 14.1. The molecule has 0 spiro atoms. The van der Waals surface area contributed by atoms with Crippen LogP contribution in [-0.2, 0) is 0 Å². The van der Waals surface area contributed by atoms with Crippen LogP contribution in [0.1, 0.15) is 12.8 Å². The molecule has 1 rings (SSSR count). The van der Waals surface area contributed by atoms with Crippen molar-refractivity contribution in [3.8, 4) is 0 Å². The second-order valence-corrected chi connectivity index (χ2v) is 3.44. The van der Waals surface area contributed by atoms with E-state index in [-0.39, 0.29) is 0 Å². The van der Waals surface area contributed by atoms with Crippen LogP contribution >= 0.6 is 0 Å². The van der Waals surface area contributed by atoms with E-state index in [2.05, 4.69) is 4.90 Å². The lowest BCUT2D eigenvalue weighted by Gasteiger charge is -2.23. The molecule has 70 valence electrons. The molecule has 1 aliphatic heterocycles. The first-order valence-corrected chi connectivity index (χ1v) is 4.25. The van der Waals surface area contributed by atoms with E-state index in [9.17, 15) is 4.79 Å². The Morgan fingerprint density at radius 3 is 2.83 bits per heavy atom. The fourth-order valence-electron chi connectivity index (χ4n) is 1.60. The third-order valence-corrected chi connectivity index (χ3v) is 2.48. The van der Waals surface area contributed by atoms with Crippen molar-refractivity contribution >= 4 is 6.09 Å². The highest BCUT2D eigenvalue weighted by molar-refractivity contribution is 5.64. The van der Waals surface area contributed by atoms with E-state index < -0.39 is 6.09 Å². The number of amides is 1. The summed E-state index contributed by atoms with van der Waals surface area (Å²) in [6.07, 6.45) is 1.47. The molecule has 0 aromatic rings. The number of carbonyl (C=O) groups is 1. The lowest BCUT2D eigenvalue weighted by molar-refractivity contribution is 0.143. The summed E-state index contributed by atoms with van der Waals surface area (Å²) in [7, 11) is 3.67. The zero-order valence-corrected chi connectivity index (χ0v) is 7.66. The van der Waals surface area contributed by atoms with Crippen LogP contribution in [0.4, 0.5) is 4.79 Å². The van der Waals surface area contributed by atoms with Crippen LogP contribution in [0.2, 0.25) is 0 Å². The SMILES string of the molecule is CN(CC1CCCN1C)C(=O)O. The second-order valence-electron chi connectivity index (χ2n) is 3.44. The number of hydrogen-bond donors (Lipinski definition) is 1. The normalized spacial score (nSPS) is 24.3. The third kappa shape index (κ3) is 2.11. The molecule has 4 nitrogen and oxygen atoms in total. The number of carboxylic acid groups (broad SMARTS) is 1. The van der Waals surface area contributed by atoms with Crippen LogP contribution in [0.3, 0.4) is 0 Å². The molecule has 0 aliphatic carbocycles. The summed E-state index contributed by atoms with van der Waals surface area (Å²) in [5, 5.41) is 8.64. The standard InChI is InChI=1S/C8H16N2O2/c1-9-5-3-4-7(9)6-10(2)8(11)12/h7H,3-6H2,1-2H3,(H,11,12). The predicted octanol–water partition coefficient (Wildman–Crippen LogP) is 0.690. The summed E-state index contributed by atoms with van der Waals surface area (Å²) in [6.45, 7) is 1.73. The van der Waals surface area contributed by atoms with Crippen LogP contribution in [0.25, 0.3) is 0 Å². The number of rotatable bonds is 2. The highest BCUT2D eigenvalue weighted by Gasteiger charge is 2.23. The molecular weight excluding hydrogens is 156 g/mol. The summed E-state index contributed by atoms with van der Waals surface area (Å²) >= 11 is 0. The predicted molar refractivity (Wildman–Crippen MR) is 46.3 cm³/mol. The number of hydrogen-bond acceptors (Lipinski definition) is 2. The molecule has 1 fully saturated rings. The Morgan fingerprint density at radius 2 is 2.42 bits per heavy atom. The van der Waals surface area contributed by atoms with Gasteiger partial charge in [-0.1, -0.05) is 0 Å². The minimum Gasteiger partial charge on any atom is -0.465 e. The summed E-state index contributed by atoms with van der Waals surface area (Å²) in [5.74, 6) is 0. The van der Waals surface area contributed by atoms with Gasteiger partial charge in [-0.25, -0.2) is 4.79 Å². The van der Waals surface area contributed by atoms with Crippen molar-refractivity contribution in [1.29, 1.82) is 0 Å². The monoisotopic (exact) mass is 172 g/mol. The van der Waals surface area contributed by atoms with Crippen molar-refractivity contribution in [2.45, 2.75) is 18.9 Å². The van der Waals surface area contributed by atoms with Crippen molar-refractivity contribution in [2.24, 2.45) is 0 Å². The number of likely N-dealkylation sites (N-methyl/N-ethyl adjacent to an activating group) is 2. The quantitative estimate of drug-likeness (QED) is 0.666. The van der Waals surface area contributed by atoms with Crippen LogP contribution in [0.15, 0.2) is 0 Å². The maximum atomic E-state index is 10.5. The second kappa shape index (κ2) is 3.76. The van der Waals surface area contributed by atoms with Gasteiger partial charge in [-0.2, -0.15) is 0 Å². The third-order valence-electron chi connectivity index (χ3n) is 2.48. The molecule has 0 bridgehead atoms. The van der Waals surface area contributed by atoms with Gasteiger partial charge in [-0.3, -0.25) is 0 Å². The van der Waals surface area contributed by atoms with Gasteiger partial charge in [0, 0.05) is 19.6 Å². The van der Waals surface area contributed by atoms with Gasteiger partial charge in [0.25, 0.3) is 0 Å². The number of likely N-dealkylation sites (tertiary alicyclic amines) is 1. The van der Waals surface area contributed by atoms with Crippen molar-refractivity contribution in [1.82, 2.24) is 9.80 Å². The molecule has 0 aromatic heterocycles. The Morgan fingerprint density at radius 1 is 1.75 bits per heavy atom. The Kier molecular flexibility index (Phi) is 2.92. The molecule has 1 aliphatic rings. The Labute approximate surface area is 72.8 Å². The van der Waals surface area contributed by atoms with Gasteiger partial charge in [-0.15, -0.1) is 0 Å². The average Bonchev–Trinajstić information content (AvgIpc) is 2.36. The van der Waals surface area contributed by atoms with Gasteiger partial charge in [0.15, 0.2) is 0 Å². The minimum absolute atomic E-state index is 0.422. The average molecular weight is 172 g/mol. The molecular formula is C8H16N2O2. The maximum Gasteiger partial charge on any atom is 0.407 e. The summed E-state index contributed by atoms with van der Waals surface area (Å²) in [5.41, 5.74) is 0. The van der Waals surface area contributed by atoms with E-state index >= 15 is 0 Å². The van der Waals surface area contributed by atoms with Crippen molar-refractivity contribution < 1.29 is 9.90 Å². The topological polar surface area (TPSA) is 43.8 Å². The summed E-state index contributed by atoms with van der Waals surface area (Å²) in [6, 6.07) is 0.422. The lowest BCUT2D eigenvalue weighted by Crippen LogP contribution is -2.38. The fourth-order valence-corrected chi connectivity index (χ4v) is 1.60. The molecule has 1 atom stereocenters. The Hall–Kier alpha value is -0.770. The van der Waals surface area contributed by atoms with Gasteiger partial charge in [0.1, 0.15) is 0 Å². The molecule has 1 heterocycles. The van der Waals surface area contributed by atoms with Gasteiger partial charge in [0.05, 0.1) is 0 Å². The molecule has 1 saturated heterocycles. The first-order valence-electron chi connectivity index (χ1n) is 4.25. The van der Waals surface area contributed by atoms with Crippen molar-refractivity contribution in [3.63, 3.8) is 0 Å². The van der Waals surface area contributed by atoms with Crippen LogP contribution in [0.5, 0.6) is 0 Å². The van der Waals surface area contributed by atoms with E-state index in [0.29, 0.717) is 12.6 Å². The van der Waals surface area contributed by atoms with Crippen LogP contribution in [-0.4, -0.2) is 54.2 Å². The summed E-state index contributed by atoms with van der Waals surface area (Å²) < 4.78 is 0. The van der Waals surface area contributed by atoms with E-state index in [0.717, 1.165) is 13.0 Å². The maximum absolute atomic E-state index is 10.5. The molecule has 1 amide bonds. The molecule has 1 unspecified atom stereocenters. The molecule has 0 aromatic carbocycles. The highest BCUT2D eigenvalue weighted by atomic mass is 16.4. The highest BCUT2D eigenvalue weighted by Crippen LogP contribution is 2.15. The van der Waals surface area contributed by atoms with Crippen molar-refractivity contribution in [3.05, 3.63) is 0 Å². The Bertz CT molecular complexity index is 172. The zero-order valence-electron chi connectivity index (χ0n) is 7.66. The van der Waals surface area contributed by atoms with Crippen LogP contribution < -0.4 is 0 Å². The van der Waals surface area contributed by atoms with E-state index in [4.69, 9.17) is 5.11 Å². The van der Waals surface area contributed by atoms with E-state index in [1.165, 1.54) is 11.3 Å². The minimum atomic E-state index is -0.838. The Balaban J connectivity index is 2.35. The van der Waals surface area contributed by atoms with Crippen molar-refractivity contribution in [2.75, 3.05) is 27.2 Å². The zero-order chi connectivity index (χ0) is 9.14. The number of nitrogens with zero attached hydrogens (tertiary/aromatic N) is 2. The van der Waals surface area contributed by atoms with Gasteiger partial charge < -0.3 is 14.9 Å². The smallest absolute Gasteiger partial charge is 0.407 e. The van der Waals surface area contributed by atoms with E-state index in [1.807, 2.05) is 7.05 Å². The molecule has 1 N–H and O–H groups in total. The largest absolute Gasteiger partial charge is 0.465 e. The first kappa shape index (κ1) is 9.32. The van der Waals surface area contributed by atoms with Gasteiger partial charge >= 0.3 is 6.09 Å². The van der Waals surface area contributed by atoms with E-state index in [1.54, 1.807) is 7.05 Å². The molecule has 0 saturated carbocycles. The van der Waals surface area contributed by atoms with Crippen LogP contribution in [0, 0.1) is 0 Å². The lowest BCUT2D eigenvalue weighted by atomic mass is 10.2. The molecule has 0 radical (unpaired) electrons. The first-order chi connectivity index (χ1) is 5.61.